The molecule has 3 heterocycles. The van der Waals surface area contributed by atoms with Gasteiger partial charge in [-0.25, -0.2) is 9.67 Å². The molecule has 1 aliphatic rings. The van der Waals surface area contributed by atoms with Crippen molar-refractivity contribution in [3.8, 4) is 0 Å². The predicted octanol–water partition coefficient (Wildman–Crippen LogP) is 2.96. The molecule has 162 valence electrons. The Labute approximate surface area is 187 Å². The second-order valence-electron chi connectivity index (χ2n) is 7.84. The van der Waals surface area contributed by atoms with Gasteiger partial charge in [-0.3, -0.25) is 9.69 Å². The minimum Gasteiger partial charge on any atom is -0.379 e. The van der Waals surface area contributed by atoms with Gasteiger partial charge in [0.15, 0.2) is 0 Å². The van der Waals surface area contributed by atoms with Crippen LogP contribution in [0.4, 0.5) is 11.5 Å². The first-order chi connectivity index (χ1) is 15.1. The first-order valence-corrected chi connectivity index (χ1v) is 10.9. The molecule has 4 rings (SSSR count). The summed E-state index contributed by atoms with van der Waals surface area (Å²) < 4.78 is 1.39. The highest BCUT2D eigenvalue weighted by Gasteiger charge is 2.20. The number of halogens is 1. The van der Waals surface area contributed by atoms with Crippen LogP contribution in [0.2, 0.25) is 5.02 Å². The summed E-state index contributed by atoms with van der Waals surface area (Å²) in [5.74, 6) is 1.03. The highest BCUT2D eigenvalue weighted by molar-refractivity contribution is 6.32. The molecule has 0 saturated carbocycles. The number of piperazine rings is 1. The van der Waals surface area contributed by atoms with E-state index >= 15 is 0 Å². The average molecular weight is 439 g/mol. The molecule has 7 nitrogen and oxygen atoms in total. The largest absolute Gasteiger partial charge is 0.379 e. The monoisotopic (exact) mass is 438 g/mol. The van der Waals surface area contributed by atoms with Crippen molar-refractivity contribution in [1.29, 1.82) is 0 Å². The molecule has 1 fully saturated rings. The van der Waals surface area contributed by atoms with Crippen LogP contribution >= 0.6 is 11.6 Å². The van der Waals surface area contributed by atoms with Crippen molar-refractivity contribution in [2.75, 3.05) is 42.9 Å². The Morgan fingerprint density at radius 2 is 1.81 bits per heavy atom. The maximum Gasteiger partial charge on any atom is 0.287 e. The molecule has 1 aromatic carbocycles. The highest BCUT2D eigenvalue weighted by Crippen LogP contribution is 2.18. The van der Waals surface area contributed by atoms with Crippen LogP contribution in [0.3, 0.4) is 0 Å². The number of anilines is 2. The summed E-state index contributed by atoms with van der Waals surface area (Å²) in [4.78, 5) is 21.8. The fraction of sp³-hybridized carbons (Fsp3) is 0.348. The van der Waals surface area contributed by atoms with Crippen molar-refractivity contribution in [3.63, 3.8) is 0 Å². The van der Waals surface area contributed by atoms with E-state index in [1.807, 2.05) is 48.7 Å². The minimum absolute atomic E-state index is 0.130. The van der Waals surface area contributed by atoms with Crippen LogP contribution in [0.1, 0.15) is 12.5 Å². The molecule has 0 aliphatic carbocycles. The summed E-state index contributed by atoms with van der Waals surface area (Å²) in [6.45, 7) is 7.18. The van der Waals surface area contributed by atoms with Crippen molar-refractivity contribution in [2.24, 2.45) is 0 Å². The fourth-order valence-corrected chi connectivity index (χ4v) is 4.03. The van der Waals surface area contributed by atoms with Gasteiger partial charge in [-0.2, -0.15) is 5.10 Å². The van der Waals surface area contributed by atoms with Gasteiger partial charge in [0.25, 0.3) is 5.56 Å². The Balaban J connectivity index is 1.32. The maximum absolute atomic E-state index is 12.6. The molecule has 3 aromatic rings. The lowest BCUT2D eigenvalue weighted by Crippen LogP contribution is -2.49. The van der Waals surface area contributed by atoms with Crippen molar-refractivity contribution < 1.29 is 0 Å². The van der Waals surface area contributed by atoms with E-state index in [9.17, 15) is 4.79 Å². The topological polar surface area (TPSA) is 66.3 Å². The standard InChI is InChI=1S/C23H27ClN6O/c1-18(16-28-11-13-29(14-12-28)21-9-5-6-10-25-21)27-20-15-26-30(23(31)22(20)24)17-19-7-3-2-4-8-19/h2-10,15,18,27H,11-14,16-17H2,1H3. The Hall–Kier alpha value is -2.90. The van der Waals surface area contributed by atoms with E-state index < -0.39 is 0 Å². The van der Waals surface area contributed by atoms with E-state index in [-0.39, 0.29) is 16.6 Å². The molecule has 2 aromatic heterocycles. The summed E-state index contributed by atoms with van der Waals surface area (Å²) in [6.07, 6.45) is 3.47. The Kier molecular flexibility index (Phi) is 6.84. The average Bonchev–Trinajstić information content (AvgIpc) is 2.81. The van der Waals surface area contributed by atoms with Crippen molar-refractivity contribution in [2.45, 2.75) is 19.5 Å². The van der Waals surface area contributed by atoms with Gasteiger partial charge in [0, 0.05) is 45.0 Å². The zero-order chi connectivity index (χ0) is 21.6. The van der Waals surface area contributed by atoms with Gasteiger partial charge < -0.3 is 10.2 Å². The third-order valence-electron chi connectivity index (χ3n) is 5.44. The zero-order valence-electron chi connectivity index (χ0n) is 17.6. The molecule has 1 N–H and O–H groups in total. The molecule has 1 saturated heterocycles. The van der Waals surface area contributed by atoms with E-state index in [0.29, 0.717) is 12.2 Å². The predicted molar refractivity (Wildman–Crippen MR) is 125 cm³/mol. The molecule has 0 spiro atoms. The molecular formula is C23H27ClN6O. The molecule has 0 bridgehead atoms. The van der Waals surface area contributed by atoms with E-state index in [0.717, 1.165) is 44.1 Å². The Bertz CT molecular complexity index is 1030. The lowest BCUT2D eigenvalue weighted by atomic mass is 10.2. The van der Waals surface area contributed by atoms with Crippen LogP contribution in [-0.4, -0.2) is 58.4 Å². The summed E-state index contributed by atoms with van der Waals surface area (Å²) in [5.41, 5.74) is 1.30. The third kappa shape index (κ3) is 5.42. The van der Waals surface area contributed by atoms with Crippen LogP contribution in [0, 0.1) is 0 Å². The molecule has 0 radical (unpaired) electrons. The van der Waals surface area contributed by atoms with Gasteiger partial charge in [0.05, 0.1) is 18.4 Å². The summed E-state index contributed by atoms with van der Waals surface area (Å²) in [5, 5.41) is 7.84. The van der Waals surface area contributed by atoms with Crippen LogP contribution in [0.25, 0.3) is 0 Å². The number of benzene rings is 1. The highest BCUT2D eigenvalue weighted by atomic mass is 35.5. The number of nitrogens with one attached hydrogen (secondary N) is 1. The molecule has 1 aliphatic heterocycles. The molecule has 31 heavy (non-hydrogen) atoms. The van der Waals surface area contributed by atoms with Crippen molar-refractivity contribution in [3.05, 3.63) is 81.9 Å². The van der Waals surface area contributed by atoms with E-state index in [1.54, 1.807) is 6.20 Å². The molecular weight excluding hydrogens is 412 g/mol. The molecule has 1 atom stereocenters. The normalized spacial score (nSPS) is 15.6. The molecule has 8 heteroatoms. The first-order valence-electron chi connectivity index (χ1n) is 10.5. The zero-order valence-corrected chi connectivity index (χ0v) is 18.4. The summed E-state index contributed by atoms with van der Waals surface area (Å²) in [7, 11) is 0. The molecule has 0 amide bonds. The number of hydrogen-bond acceptors (Lipinski definition) is 6. The van der Waals surface area contributed by atoms with Crippen molar-refractivity contribution >= 4 is 23.1 Å². The van der Waals surface area contributed by atoms with Crippen molar-refractivity contribution in [1.82, 2.24) is 19.7 Å². The Morgan fingerprint density at radius 3 is 2.52 bits per heavy atom. The van der Waals surface area contributed by atoms with Crippen LogP contribution < -0.4 is 15.8 Å². The SMILES string of the molecule is CC(CN1CCN(c2ccccn2)CC1)Nc1cnn(Cc2ccccc2)c(=O)c1Cl. The van der Waals surface area contributed by atoms with Crippen LogP contribution in [-0.2, 0) is 6.54 Å². The summed E-state index contributed by atoms with van der Waals surface area (Å²) in [6, 6.07) is 15.9. The minimum atomic E-state index is -0.285. The number of pyridine rings is 1. The number of nitrogens with zero attached hydrogens (tertiary/aromatic N) is 5. The second-order valence-corrected chi connectivity index (χ2v) is 8.22. The van der Waals surface area contributed by atoms with Gasteiger partial charge in [0.1, 0.15) is 10.8 Å². The van der Waals surface area contributed by atoms with E-state index in [2.05, 4.69) is 38.2 Å². The maximum atomic E-state index is 12.6. The van der Waals surface area contributed by atoms with Gasteiger partial charge >= 0.3 is 0 Å². The number of aromatic nitrogens is 3. The third-order valence-corrected chi connectivity index (χ3v) is 5.80. The van der Waals surface area contributed by atoms with Crippen LogP contribution in [0.5, 0.6) is 0 Å². The Morgan fingerprint density at radius 1 is 1.06 bits per heavy atom. The van der Waals surface area contributed by atoms with Crippen LogP contribution in [0.15, 0.2) is 65.7 Å². The lowest BCUT2D eigenvalue weighted by Gasteiger charge is -2.36. The molecule has 1 unspecified atom stereocenters. The van der Waals surface area contributed by atoms with Gasteiger partial charge in [-0.1, -0.05) is 48.0 Å². The van der Waals surface area contributed by atoms with Gasteiger partial charge in [-0.15, -0.1) is 0 Å². The second kappa shape index (κ2) is 9.94. The van der Waals surface area contributed by atoms with E-state index in [1.165, 1.54) is 4.68 Å². The summed E-state index contributed by atoms with van der Waals surface area (Å²) >= 11 is 6.38. The van der Waals surface area contributed by atoms with E-state index in [4.69, 9.17) is 11.6 Å². The first kappa shape index (κ1) is 21.3. The fourth-order valence-electron chi connectivity index (χ4n) is 3.83. The quantitative estimate of drug-likeness (QED) is 0.611. The van der Waals surface area contributed by atoms with Gasteiger partial charge in [0.2, 0.25) is 0 Å². The van der Waals surface area contributed by atoms with Gasteiger partial charge in [-0.05, 0) is 24.6 Å². The number of hydrogen-bond donors (Lipinski definition) is 1. The smallest absolute Gasteiger partial charge is 0.287 e. The lowest BCUT2D eigenvalue weighted by molar-refractivity contribution is 0.250. The number of rotatable bonds is 7.